The van der Waals surface area contributed by atoms with Gasteiger partial charge >= 0.3 is 0 Å². The minimum atomic E-state index is -0.177. The highest BCUT2D eigenvalue weighted by Gasteiger charge is 2.50. The maximum absolute atomic E-state index is 12.8. The number of amides is 1. The molecule has 2 aromatic carbocycles. The van der Waals surface area contributed by atoms with Gasteiger partial charge in [-0.25, -0.2) is 4.98 Å². The number of nitrogens with zero attached hydrogens (tertiary/aromatic N) is 2. The van der Waals surface area contributed by atoms with Crippen LogP contribution in [-0.2, 0) is 4.79 Å². The number of rotatable bonds is 4. The molecule has 3 aromatic rings. The molecule has 2 unspecified atom stereocenters. The summed E-state index contributed by atoms with van der Waals surface area (Å²) in [5.74, 6) is 0.724. The lowest BCUT2D eigenvalue weighted by Crippen LogP contribution is -2.53. The first kappa shape index (κ1) is 14.9. The van der Waals surface area contributed by atoms with Crippen LogP contribution in [0.2, 0.25) is 0 Å². The van der Waals surface area contributed by atoms with Gasteiger partial charge < -0.3 is 4.74 Å². The molecule has 24 heavy (non-hydrogen) atoms. The molecule has 0 aliphatic carbocycles. The quantitative estimate of drug-likeness (QED) is 0.676. The van der Waals surface area contributed by atoms with Crippen LogP contribution in [0.3, 0.4) is 0 Å². The van der Waals surface area contributed by atoms with E-state index in [1.807, 2.05) is 60.0 Å². The van der Waals surface area contributed by atoms with Crippen LogP contribution in [0.5, 0.6) is 5.75 Å². The summed E-state index contributed by atoms with van der Waals surface area (Å²) in [4.78, 5) is 19.0. The molecule has 5 heteroatoms. The lowest BCUT2D eigenvalue weighted by atomic mass is 9.78. The lowest BCUT2D eigenvalue weighted by Gasteiger charge is -2.46. The Kier molecular flexibility index (Phi) is 3.78. The average Bonchev–Trinajstić information content (AvgIpc) is 3.14. The number of hydrogen-bond donors (Lipinski definition) is 0. The van der Waals surface area contributed by atoms with Crippen LogP contribution in [0.15, 0.2) is 66.2 Å². The highest BCUT2D eigenvalue weighted by Crippen LogP contribution is 2.49. The Morgan fingerprint density at radius 1 is 1.04 bits per heavy atom. The standard InChI is InChI=1S/C19H16N2O2S/c1-23-15-9-7-14(8-10-15)17-16(13-5-3-2-4-6-13)18(22)21(17)19-20-11-12-24-19/h2-12,16-17H,1H3. The molecule has 0 spiro atoms. The molecule has 0 N–H and O–H groups in total. The zero-order valence-corrected chi connectivity index (χ0v) is 13.9. The Bertz CT molecular complexity index is 832. The maximum atomic E-state index is 12.8. The van der Waals surface area contributed by atoms with Crippen molar-refractivity contribution in [2.24, 2.45) is 0 Å². The second-order valence-corrected chi connectivity index (χ2v) is 6.50. The zero-order chi connectivity index (χ0) is 16.5. The summed E-state index contributed by atoms with van der Waals surface area (Å²) in [7, 11) is 1.65. The maximum Gasteiger partial charge on any atom is 0.239 e. The van der Waals surface area contributed by atoms with E-state index < -0.39 is 0 Å². The molecule has 0 saturated carbocycles. The number of β-lactam (4-membered cyclic amide) rings is 1. The predicted octanol–water partition coefficient (Wildman–Crippen LogP) is 4.02. The van der Waals surface area contributed by atoms with Gasteiger partial charge in [-0.05, 0) is 23.3 Å². The van der Waals surface area contributed by atoms with Gasteiger partial charge in [-0.2, -0.15) is 0 Å². The van der Waals surface area contributed by atoms with Crippen molar-refractivity contribution >= 4 is 22.4 Å². The number of aromatic nitrogens is 1. The molecule has 4 rings (SSSR count). The number of methoxy groups -OCH3 is 1. The van der Waals surface area contributed by atoms with Gasteiger partial charge in [-0.1, -0.05) is 42.5 Å². The Balaban J connectivity index is 1.75. The van der Waals surface area contributed by atoms with Crippen molar-refractivity contribution in [2.45, 2.75) is 12.0 Å². The molecule has 1 aliphatic heterocycles. The molecule has 2 heterocycles. The van der Waals surface area contributed by atoms with Crippen LogP contribution < -0.4 is 9.64 Å². The highest BCUT2D eigenvalue weighted by molar-refractivity contribution is 7.13. The van der Waals surface area contributed by atoms with Gasteiger partial charge in [-0.3, -0.25) is 9.69 Å². The molecule has 120 valence electrons. The number of anilines is 1. The predicted molar refractivity (Wildman–Crippen MR) is 94.5 cm³/mol. The van der Waals surface area contributed by atoms with Crippen molar-refractivity contribution in [3.05, 3.63) is 77.3 Å². The first-order valence-electron chi connectivity index (χ1n) is 7.71. The number of carbonyl (C=O) groups excluding carboxylic acids is 1. The molecule has 1 fully saturated rings. The molecular formula is C19H16N2O2S. The Morgan fingerprint density at radius 2 is 1.79 bits per heavy atom. The molecular weight excluding hydrogens is 320 g/mol. The number of ether oxygens (including phenoxy) is 1. The normalized spacial score (nSPS) is 19.9. The Morgan fingerprint density at radius 3 is 2.42 bits per heavy atom. The van der Waals surface area contributed by atoms with E-state index in [-0.39, 0.29) is 17.9 Å². The SMILES string of the molecule is COc1ccc(C2C(c3ccccc3)C(=O)N2c2nccs2)cc1. The van der Waals surface area contributed by atoms with Gasteiger partial charge in [0.1, 0.15) is 5.75 Å². The minimum absolute atomic E-state index is 0.0445. The lowest BCUT2D eigenvalue weighted by molar-refractivity contribution is -0.126. The first-order valence-corrected chi connectivity index (χ1v) is 8.59. The molecule has 2 atom stereocenters. The van der Waals surface area contributed by atoms with E-state index in [0.29, 0.717) is 0 Å². The number of thiazole rings is 1. The molecule has 1 amide bonds. The highest BCUT2D eigenvalue weighted by atomic mass is 32.1. The summed E-state index contributed by atoms with van der Waals surface area (Å²) >= 11 is 1.48. The van der Waals surface area contributed by atoms with E-state index in [0.717, 1.165) is 22.0 Å². The topological polar surface area (TPSA) is 42.4 Å². The zero-order valence-electron chi connectivity index (χ0n) is 13.1. The van der Waals surface area contributed by atoms with Crippen molar-refractivity contribution in [2.75, 3.05) is 12.0 Å². The summed E-state index contributed by atoms with van der Waals surface area (Å²) in [6, 6.07) is 17.8. The molecule has 1 aromatic heterocycles. The largest absolute Gasteiger partial charge is 0.497 e. The fourth-order valence-electron chi connectivity index (χ4n) is 3.16. The third kappa shape index (κ3) is 2.37. The number of hydrogen-bond acceptors (Lipinski definition) is 4. The molecule has 0 radical (unpaired) electrons. The van der Waals surface area contributed by atoms with E-state index in [9.17, 15) is 4.79 Å². The van der Waals surface area contributed by atoms with Gasteiger partial charge in [-0.15, -0.1) is 11.3 Å². The van der Waals surface area contributed by atoms with Crippen molar-refractivity contribution in [1.82, 2.24) is 4.98 Å². The van der Waals surface area contributed by atoms with Crippen LogP contribution in [-0.4, -0.2) is 18.0 Å². The van der Waals surface area contributed by atoms with Crippen LogP contribution in [0.4, 0.5) is 5.13 Å². The van der Waals surface area contributed by atoms with Gasteiger partial charge in [0, 0.05) is 11.6 Å². The molecule has 1 aliphatic rings. The number of benzene rings is 2. The van der Waals surface area contributed by atoms with E-state index in [1.165, 1.54) is 11.3 Å². The van der Waals surface area contributed by atoms with Crippen LogP contribution >= 0.6 is 11.3 Å². The van der Waals surface area contributed by atoms with Crippen LogP contribution in [0, 0.1) is 0 Å². The Hall–Kier alpha value is -2.66. The average molecular weight is 336 g/mol. The van der Waals surface area contributed by atoms with Gasteiger partial charge in [0.15, 0.2) is 5.13 Å². The van der Waals surface area contributed by atoms with E-state index in [2.05, 4.69) is 4.98 Å². The smallest absolute Gasteiger partial charge is 0.239 e. The van der Waals surface area contributed by atoms with E-state index in [4.69, 9.17) is 4.74 Å². The molecule has 1 saturated heterocycles. The second-order valence-electron chi connectivity index (χ2n) is 5.63. The fourth-order valence-corrected chi connectivity index (χ4v) is 3.85. The summed E-state index contributed by atoms with van der Waals surface area (Å²) in [6.07, 6.45) is 1.73. The van der Waals surface area contributed by atoms with Crippen LogP contribution in [0.25, 0.3) is 0 Å². The van der Waals surface area contributed by atoms with Crippen molar-refractivity contribution in [3.8, 4) is 5.75 Å². The molecule has 4 nitrogen and oxygen atoms in total. The Labute approximate surface area is 144 Å². The second kappa shape index (κ2) is 6.09. The van der Waals surface area contributed by atoms with E-state index in [1.54, 1.807) is 18.2 Å². The summed E-state index contributed by atoms with van der Waals surface area (Å²) in [6.45, 7) is 0. The van der Waals surface area contributed by atoms with Gasteiger partial charge in [0.05, 0.1) is 19.1 Å². The van der Waals surface area contributed by atoms with Crippen molar-refractivity contribution in [1.29, 1.82) is 0 Å². The summed E-state index contributed by atoms with van der Waals surface area (Å²) in [5.41, 5.74) is 2.12. The van der Waals surface area contributed by atoms with Crippen molar-refractivity contribution in [3.63, 3.8) is 0 Å². The van der Waals surface area contributed by atoms with Gasteiger partial charge in [0.25, 0.3) is 0 Å². The number of carbonyl (C=O) groups is 1. The molecule has 0 bridgehead atoms. The first-order chi connectivity index (χ1) is 11.8. The fraction of sp³-hybridized carbons (Fsp3) is 0.158. The summed E-state index contributed by atoms with van der Waals surface area (Å²) < 4.78 is 5.24. The van der Waals surface area contributed by atoms with Crippen molar-refractivity contribution < 1.29 is 9.53 Å². The van der Waals surface area contributed by atoms with Crippen LogP contribution in [0.1, 0.15) is 23.1 Å². The van der Waals surface area contributed by atoms with E-state index >= 15 is 0 Å². The minimum Gasteiger partial charge on any atom is -0.497 e. The summed E-state index contributed by atoms with van der Waals surface area (Å²) in [5, 5.41) is 2.64. The third-order valence-electron chi connectivity index (χ3n) is 4.34. The third-order valence-corrected chi connectivity index (χ3v) is 5.11. The monoisotopic (exact) mass is 336 g/mol. The van der Waals surface area contributed by atoms with Gasteiger partial charge in [0.2, 0.25) is 5.91 Å².